The molecule has 0 spiro atoms. The largest absolute Gasteiger partial charge is 0.361 e. The molecule has 1 amide bonds. The fourth-order valence-corrected chi connectivity index (χ4v) is 3.84. The van der Waals surface area contributed by atoms with Crippen molar-refractivity contribution >= 4 is 5.91 Å². The van der Waals surface area contributed by atoms with Crippen molar-refractivity contribution in [1.29, 1.82) is 0 Å². The van der Waals surface area contributed by atoms with Gasteiger partial charge in [-0.3, -0.25) is 4.79 Å². The molecule has 0 N–H and O–H groups in total. The minimum atomic E-state index is 0.239. The second kappa shape index (κ2) is 5.58. The van der Waals surface area contributed by atoms with Gasteiger partial charge >= 0.3 is 0 Å². The van der Waals surface area contributed by atoms with E-state index in [2.05, 4.69) is 10.1 Å². The topological polar surface area (TPSA) is 46.3 Å². The zero-order valence-corrected chi connectivity index (χ0v) is 12.5. The van der Waals surface area contributed by atoms with Gasteiger partial charge in [-0.2, -0.15) is 0 Å². The van der Waals surface area contributed by atoms with Crippen LogP contribution < -0.4 is 0 Å². The maximum atomic E-state index is 12.5. The van der Waals surface area contributed by atoms with Crippen molar-refractivity contribution in [3.63, 3.8) is 0 Å². The molecule has 1 aliphatic heterocycles. The Morgan fingerprint density at radius 1 is 1.25 bits per heavy atom. The number of aromatic nitrogens is 1. The first kappa shape index (κ1) is 13.7. The molecule has 20 heavy (non-hydrogen) atoms. The van der Waals surface area contributed by atoms with E-state index in [1.54, 1.807) is 0 Å². The molecular weight excluding hydrogens is 252 g/mol. The molecule has 4 nitrogen and oxygen atoms in total. The van der Waals surface area contributed by atoms with Crippen LogP contribution in [0.3, 0.4) is 0 Å². The first-order valence-corrected chi connectivity index (χ1v) is 7.84. The van der Waals surface area contributed by atoms with Gasteiger partial charge in [-0.15, -0.1) is 0 Å². The smallest absolute Gasteiger partial charge is 0.227 e. The number of amides is 1. The molecule has 1 aromatic rings. The van der Waals surface area contributed by atoms with Gasteiger partial charge in [-0.1, -0.05) is 24.4 Å². The van der Waals surface area contributed by atoms with Crippen molar-refractivity contribution in [3.05, 3.63) is 17.0 Å². The number of carbonyl (C=O) groups excluding carboxylic acids is 1. The van der Waals surface area contributed by atoms with Crippen LogP contribution in [-0.2, 0) is 11.2 Å². The molecule has 4 heteroatoms. The van der Waals surface area contributed by atoms with E-state index in [1.165, 1.54) is 32.1 Å². The number of aryl methyl sites for hydroxylation is 2. The van der Waals surface area contributed by atoms with Crippen molar-refractivity contribution in [1.82, 2.24) is 10.1 Å². The second-order valence-corrected chi connectivity index (χ2v) is 6.41. The minimum Gasteiger partial charge on any atom is -0.361 e. The molecule has 110 valence electrons. The zero-order valence-electron chi connectivity index (χ0n) is 12.5. The third kappa shape index (κ3) is 2.60. The van der Waals surface area contributed by atoms with E-state index in [9.17, 15) is 4.79 Å². The van der Waals surface area contributed by atoms with E-state index >= 15 is 0 Å². The van der Waals surface area contributed by atoms with Crippen molar-refractivity contribution in [2.24, 2.45) is 11.8 Å². The van der Waals surface area contributed by atoms with Gasteiger partial charge < -0.3 is 9.42 Å². The van der Waals surface area contributed by atoms with Gasteiger partial charge in [0.15, 0.2) is 0 Å². The number of rotatable bonds is 2. The highest BCUT2D eigenvalue weighted by Gasteiger charge is 2.33. The molecule has 1 saturated carbocycles. The normalized spacial score (nSPS) is 26.4. The summed E-state index contributed by atoms with van der Waals surface area (Å²) < 4.78 is 5.15. The summed E-state index contributed by atoms with van der Waals surface area (Å²) in [5, 5.41) is 3.93. The summed E-state index contributed by atoms with van der Waals surface area (Å²) >= 11 is 0. The van der Waals surface area contributed by atoms with Gasteiger partial charge in [0, 0.05) is 18.7 Å². The molecule has 2 fully saturated rings. The van der Waals surface area contributed by atoms with E-state index in [-0.39, 0.29) is 5.91 Å². The maximum absolute atomic E-state index is 12.5. The highest BCUT2D eigenvalue weighted by Crippen LogP contribution is 2.36. The van der Waals surface area contributed by atoms with Crippen LogP contribution in [0.5, 0.6) is 0 Å². The number of carbonyl (C=O) groups is 1. The van der Waals surface area contributed by atoms with Crippen LogP contribution in [0.25, 0.3) is 0 Å². The number of piperidine rings is 1. The van der Waals surface area contributed by atoms with Gasteiger partial charge in [-0.05, 0) is 38.5 Å². The predicted molar refractivity (Wildman–Crippen MR) is 76.3 cm³/mol. The van der Waals surface area contributed by atoms with E-state index in [1.807, 2.05) is 13.8 Å². The Labute approximate surface area is 120 Å². The van der Waals surface area contributed by atoms with Gasteiger partial charge in [-0.25, -0.2) is 0 Å². The highest BCUT2D eigenvalue weighted by atomic mass is 16.5. The van der Waals surface area contributed by atoms with Crippen LogP contribution in [0, 0.1) is 25.7 Å². The Hall–Kier alpha value is -1.32. The second-order valence-electron chi connectivity index (χ2n) is 6.41. The summed E-state index contributed by atoms with van der Waals surface area (Å²) in [6.07, 6.45) is 7.04. The Balaban J connectivity index is 1.63. The number of hydrogen-bond acceptors (Lipinski definition) is 3. The summed E-state index contributed by atoms with van der Waals surface area (Å²) in [6, 6.07) is 0. The van der Waals surface area contributed by atoms with Crippen LogP contribution in [0.15, 0.2) is 4.52 Å². The maximum Gasteiger partial charge on any atom is 0.227 e. The van der Waals surface area contributed by atoms with Crippen molar-refractivity contribution in [3.8, 4) is 0 Å². The van der Waals surface area contributed by atoms with Crippen LogP contribution in [0.2, 0.25) is 0 Å². The van der Waals surface area contributed by atoms with Gasteiger partial charge in [0.05, 0.1) is 12.1 Å². The predicted octanol–water partition coefficient (Wildman–Crippen LogP) is 2.87. The molecule has 2 aliphatic rings. The molecule has 0 bridgehead atoms. The molecule has 0 unspecified atom stereocenters. The van der Waals surface area contributed by atoms with Crippen LogP contribution in [0.4, 0.5) is 0 Å². The van der Waals surface area contributed by atoms with Crippen LogP contribution in [-0.4, -0.2) is 29.1 Å². The fourth-order valence-electron chi connectivity index (χ4n) is 3.84. The number of nitrogens with zero attached hydrogens (tertiary/aromatic N) is 2. The van der Waals surface area contributed by atoms with E-state index in [4.69, 9.17) is 4.52 Å². The van der Waals surface area contributed by atoms with E-state index in [0.29, 0.717) is 6.42 Å². The van der Waals surface area contributed by atoms with Crippen LogP contribution >= 0.6 is 0 Å². The first-order valence-electron chi connectivity index (χ1n) is 7.84. The Bertz CT molecular complexity index is 475. The average Bonchev–Trinajstić information content (AvgIpc) is 2.78. The van der Waals surface area contributed by atoms with E-state index < -0.39 is 0 Å². The monoisotopic (exact) mass is 276 g/mol. The summed E-state index contributed by atoms with van der Waals surface area (Å²) in [6.45, 7) is 5.69. The first-order chi connectivity index (χ1) is 9.65. The van der Waals surface area contributed by atoms with E-state index in [0.717, 1.165) is 41.9 Å². The fraction of sp³-hybridized carbons (Fsp3) is 0.750. The van der Waals surface area contributed by atoms with Crippen molar-refractivity contribution in [2.75, 3.05) is 13.1 Å². The molecule has 3 rings (SSSR count). The summed E-state index contributed by atoms with van der Waals surface area (Å²) in [7, 11) is 0. The quantitative estimate of drug-likeness (QED) is 0.834. The lowest BCUT2D eigenvalue weighted by Gasteiger charge is -2.41. The highest BCUT2D eigenvalue weighted by molar-refractivity contribution is 5.79. The molecule has 1 aliphatic carbocycles. The molecule has 1 saturated heterocycles. The SMILES string of the molecule is Cc1noc(C)c1CC(=O)N1CC[C@H]2CCCC[C@@H]2C1. The van der Waals surface area contributed by atoms with Crippen molar-refractivity contribution < 1.29 is 9.32 Å². The lowest BCUT2D eigenvalue weighted by molar-refractivity contribution is -0.133. The number of likely N-dealkylation sites (tertiary alicyclic amines) is 1. The Kier molecular flexibility index (Phi) is 3.81. The average molecular weight is 276 g/mol. The molecule has 0 aromatic carbocycles. The lowest BCUT2D eigenvalue weighted by Crippen LogP contribution is -2.45. The summed E-state index contributed by atoms with van der Waals surface area (Å²) in [4.78, 5) is 14.6. The minimum absolute atomic E-state index is 0.239. The summed E-state index contributed by atoms with van der Waals surface area (Å²) in [5.74, 6) is 2.63. The Morgan fingerprint density at radius 2 is 2.00 bits per heavy atom. The van der Waals surface area contributed by atoms with Gasteiger partial charge in [0.2, 0.25) is 5.91 Å². The standard InChI is InChI=1S/C16H24N2O2/c1-11-15(12(2)20-17-11)9-16(19)18-8-7-13-5-3-4-6-14(13)10-18/h13-14H,3-10H2,1-2H3/t13-,14-/m1/s1. The van der Waals surface area contributed by atoms with Gasteiger partial charge in [0.1, 0.15) is 5.76 Å². The molecule has 2 atom stereocenters. The van der Waals surface area contributed by atoms with Crippen LogP contribution in [0.1, 0.15) is 49.1 Å². The molecule has 1 aromatic heterocycles. The molecular formula is C16H24N2O2. The third-order valence-electron chi connectivity index (χ3n) is 5.15. The zero-order chi connectivity index (χ0) is 14.1. The third-order valence-corrected chi connectivity index (χ3v) is 5.15. The lowest BCUT2D eigenvalue weighted by atomic mass is 9.75. The number of hydrogen-bond donors (Lipinski definition) is 0. The van der Waals surface area contributed by atoms with Gasteiger partial charge in [0.25, 0.3) is 0 Å². The molecule has 2 heterocycles. The summed E-state index contributed by atoms with van der Waals surface area (Å²) in [5.41, 5.74) is 1.82. The molecule has 0 radical (unpaired) electrons. The Morgan fingerprint density at radius 3 is 2.70 bits per heavy atom. The van der Waals surface area contributed by atoms with Crippen molar-refractivity contribution in [2.45, 2.75) is 52.4 Å². The number of fused-ring (bicyclic) bond motifs is 1.